The zero-order valence-electron chi connectivity index (χ0n) is 12.0. The van der Waals surface area contributed by atoms with E-state index in [1.807, 2.05) is 6.92 Å². The summed E-state index contributed by atoms with van der Waals surface area (Å²) in [4.78, 5) is 22.7. The van der Waals surface area contributed by atoms with Crippen molar-refractivity contribution < 1.29 is 33.3 Å². The third-order valence-corrected chi connectivity index (χ3v) is 2.76. The van der Waals surface area contributed by atoms with Gasteiger partial charge in [0.15, 0.2) is 6.29 Å². The third kappa shape index (κ3) is 5.89. The van der Waals surface area contributed by atoms with Gasteiger partial charge >= 0.3 is 12.1 Å². The van der Waals surface area contributed by atoms with Crippen molar-refractivity contribution in [2.45, 2.75) is 32.2 Å². The molecule has 0 aromatic carbocycles. The molecule has 112 valence electrons. The summed E-state index contributed by atoms with van der Waals surface area (Å²) in [6, 6.07) is 0. The van der Waals surface area contributed by atoms with Crippen molar-refractivity contribution in [1.29, 1.82) is 0 Å². The molecule has 2 atom stereocenters. The highest BCUT2D eigenvalue weighted by molar-refractivity contribution is 5.77. The van der Waals surface area contributed by atoms with E-state index in [2.05, 4.69) is 9.47 Å². The highest BCUT2D eigenvalue weighted by atomic mass is 16.7. The van der Waals surface area contributed by atoms with Crippen LogP contribution in [0.5, 0.6) is 0 Å². The van der Waals surface area contributed by atoms with Crippen molar-refractivity contribution in [3.8, 4) is 0 Å². The van der Waals surface area contributed by atoms with Gasteiger partial charge in [-0.3, -0.25) is 0 Å². The van der Waals surface area contributed by atoms with Crippen LogP contribution >= 0.6 is 0 Å². The molecule has 0 aromatic heterocycles. The minimum atomic E-state index is -1.05. The van der Waals surface area contributed by atoms with Gasteiger partial charge in [0.25, 0.3) is 0 Å². The molecule has 7 nitrogen and oxygen atoms in total. The molecular weight excluding hydrogens is 256 g/mol. The van der Waals surface area contributed by atoms with Gasteiger partial charge in [0.1, 0.15) is 0 Å². The van der Waals surface area contributed by atoms with E-state index in [9.17, 15) is 9.59 Å². The van der Waals surface area contributed by atoms with E-state index in [0.29, 0.717) is 6.42 Å². The largest absolute Gasteiger partial charge is 0.508 e. The van der Waals surface area contributed by atoms with Crippen molar-refractivity contribution in [1.82, 2.24) is 0 Å². The second-order valence-electron chi connectivity index (χ2n) is 3.83. The van der Waals surface area contributed by atoms with E-state index in [1.165, 1.54) is 28.4 Å². The first-order valence-corrected chi connectivity index (χ1v) is 5.91. The fraction of sp³-hybridized carbons (Fsp3) is 0.833. The fourth-order valence-corrected chi connectivity index (χ4v) is 1.71. The van der Waals surface area contributed by atoms with Crippen LogP contribution in [0.4, 0.5) is 4.79 Å². The molecule has 0 rings (SSSR count). The maximum Gasteiger partial charge on any atom is 0.508 e. The number of carbonyl (C=O) groups is 2. The molecular formula is C12H22O7. The van der Waals surface area contributed by atoms with Crippen LogP contribution in [-0.4, -0.2) is 53.0 Å². The SMILES string of the molecule is CCC(CC(OC(=O)OC)C(=O)OC)C(OC)OC. The van der Waals surface area contributed by atoms with Crippen molar-refractivity contribution in [2.24, 2.45) is 5.92 Å². The summed E-state index contributed by atoms with van der Waals surface area (Å²) in [6.07, 6.45) is -1.56. The van der Waals surface area contributed by atoms with Crippen LogP contribution in [0.3, 0.4) is 0 Å². The van der Waals surface area contributed by atoms with Gasteiger partial charge in [0, 0.05) is 26.6 Å². The molecule has 0 radical (unpaired) electrons. The summed E-state index contributed by atoms with van der Waals surface area (Å²) < 4.78 is 24.2. The Morgan fingerprint density at radius 1 is 1.00 bits per heavy atom. The van der Waals surface area contributed by atoms with Gasteiger partial charge in [0.2, 0.25) is 6.10 Å². The first-order valence-electron chi connectivity index (χ1n) is 5.91. The van der Waals surface area contributed by atoms with Crippen LogP contribution in [-0.2, 0) is 28.5 Å². The lowest BCUT2D eigenvalue weighted by atomic mass is 9.98. The molecule has 7 heteroatoms. The Bertz CT molecular complexity index is 275. The van der Waals surface area contributed by atoms with Crippen LogP contribution in [0.2, 0.25) is 0 Å². The van der Waals surface area contributed by atoms with E-state index >= 15 is 0 Å². The molecule has 0 saturated heterocycles. The van der Waals surface area contributed by atoms with Crippen molar-refractivity contribution in [3.05, 3.63) is 0 Å². The van der Waals surface area contributed by atoms with Gasteiger partial charge in [-0.2, -0.15) is 0 Å². The first kappa shape index (κ1) is 17.7. The van der Waals surface area contributed by atoms with E-state index in [4.69, 9.17) is 14.2 Å². The minimum Gasteiger partial charge on any atom is -0.466 e. The monoisotopic (exact) mass is 278 g/mol. The van der Waals surface area contributed by atoms with E-state index in [0.717, 1.165) is 0 Å². The number of ether oxygens (including phenoxy) is 5. The number of hydrogen-bond acceptors (Lipinski definition) is 7. The first-order chi connectivity index (χ1) is 9.03. The highest BCUT2D eigenvalue weighted by Crippen LogP contribution is 2.21. The second-order valence-corrected chi connectivity index (χ2v) is 3.83. The van der Waals surface area contributed by atoms with Crippen LogP contribution in [0.15, 0.2) is 0 Å². The summed E-state index contributed by atoms with van der Waals surface area (Å²) in [5, 5.41) is 0. The Morgan fingerprint density at radius 2 is 1.58 bits per heavy atom. The molecule has 0 aliphatic rings. The molecule has 0 bridgehead atoms. The van der Waals surface area contributed by atoms with Crippen LogP contribution in [0.1, 0.15) is 19.8 Å². The number of carbonyl (C=O) groups excluding carboxylic acids is 2. The summed E-state index contributed by atoms with van der Waals surface area (Å²) >= 11 is 0. The standard InChI is InChI=1S/C12H22O7/c1-6-8(11(16-3)17-4)7-9(10(13)15-2)19-12(14)18-5/h8-9,11H,6-7H2,1-5H3. The maximum absolute atomic E-state index is 11.6. The molecule has 0 aromatic rings. The fourth-order valence-electron chi connectivity index (χ4n) is 1.71. The van der Waals surface area contributed by atoms with Gasteiger partial charge in [-0.25, -0.2) is 9.59 Å². The topological polar surface area (TPSA) is 80.3 Å². The average Bonchev–Trinajstić information content (AvgIpc) is 2.44. The lowest BCUT2D eigenvalue weighted by Crippen LogP contribution is -2.35. The van der Waals surface area contributed by atoms with Crippen molar-refractivity contribution >= 4 is 12.1 Å². The molecule has 19 heavy (non-hydrogen) atoms. The lowest BCUT2D eigenvalue weighted by molar-refractivity contribution is -0.162. The van der Waals surface area contributed by atoms with E-state index < -0.39 is 24.5 Å². The molecule has 0 aliphatic carbocycles. The molecule has 0 spiro atoms. The minimum absolute atomic E-state index is 0.122. The number of rotatable bonds is 8. The Labute approximate surface area is 113 Å². The number of methoxy groups -OCH3 is 4. The molecule has 0 amide bonds. The van der Waals surface area contributed by atoms with Crippen LogP contribution in [0.25, 0.3) is 0 Å². The van der Waals surface area contributed by atoms with Crippen LogP contribution < -0.4 is 0 Å². The molecule has 0 aliphatic heterocycles. The molecule has 0 heterocycles. The predicted molar refractivity (Wildman–Crippen MR) is 65.5 cm³/mol. The lowest BCUT2D eigenvalue weighted by Gasteiger charge is -2.26. The quantitative estimate of drug-likeness (QED) is 0.489. The van der Waals surface area contributed by atoms with Gasteiger partial charge in [-0.1, -0.05) is 6.92 Å². The predicted octanol–water partition coefficient (Wildman–Crippen LogP) is 1.35. The van der Waals surface area contributed by atoms with Gasteiger partial charge in [-0.15, -0.1) is 0 Å². The van der Waals surface area contributed by atoms with Gasteiger partial charge in [-0.05, 0) is 6.42 Å². The van der Waals surface area contributed by atoms with Crippen molar-refractivity contribution in [3.63, 3.8) is 0 Å². The summed E-state index contributed by atoms with van der Waals surface area (Å²) in [5.74, 6) is -0.765. The molecule has 0 fully saturated rings. The highest BCUT2D eigenvalue weighted by Gasteiger charge is 2.31. The Balaban J connectivity index is 4.76. The maximum atomic E-state index is 11.6. The molecule has 2 unspecified atom stereocenters. The third-order valence-electron chi connectivity index (χ3n) is 2.76. The zero-order chi connectivity index (χ0) is 14.8. The summed E-state index contributed by atoms with van der Waals surface area (Å²) in [5.41, 5.74) is 0. The smallest absolute Gasteiger partial charge is 0.466 e. The zero-order valence-corrected chi connectivity index (χ0v) is 12.0. The molecule has 0 saturated carbocycles. The van der Waals surface area contributed by atoms with Gasteiger partial charge < -0.3 is 23.7 Å². The van der Waals surface area contributed by atoms with E-state index in [1.54, 1.807) is 0 Å². The Hall–Kier alpha value is -1.34. The molecule has 0 N–H and O–H groups in total. The van der Waals surface area contributed by atoms with Crippen molar-refractivity contribution in [2.75, 3.05) is 28.4 Å². The Kier molecular flexibility index (Phi) is 8.90. The van der Waals surface area contributed by atoms with Crippen LogP contribution in [0, 0.1) is 5.92 Å². The van der Waals surface area contributed by atoms with E-state index in [-0.39, 0.29) is 12.3 Å². The summed E-state index contributed by atoms with van der Waals surface area (Å²) in [6.45, 7) is 1.92. The number of esters is 1. The van der Waals surface area contributed by atoms with Gasteiger partial charge in [0.05, 0.1) is 14.2 Å². The average molecular weight is 278 g/mol. The summed E-state index contributed by atoms with van der Waals surface area (Å²) in [7, 11) is 5.40. The second kappa shape index (κ2) is 9.57. The number of hydrogen-bond donors (Lipinski definition) is 0. The normalized spacial score (nSPS) is 13.8. The Morgan fingerprint density at radius 3 is 1.95 bits per heavy atom.